The molecule has 0 spiro atoms. The maximum absolute atomic E-state index is 11.6. The highest BCUT2D eigenvalue weighted by Crippen LogP contribution is 2.40. The molecule has 0 aliphatic carbocycles. The summed E-state index contributed by atoms with van der Waals surface area (Å²) in [6.07, 6.45) is 3.92. The summed E-state index contributed by atoms with van der Waals surface area (Å²) in [5.74, 6) is 0. The van der Waals surface area contributed by atoms with Crippen LogP contribution in [-0.4, -0.2) is 19.7 Å². The minimum atomic E-state index is -0.922. The number of hydrogen-bond donors (Lipinski definition) is 1. The Hall–Kier alpha value is -4.16. The Morgan fingerprint density at radius 1 is 0.742 bits per heavy atom. The van der Waals surface area contributed by atoms with E-state index >= 15 is 0 Å². The number of nitrogens with zero attached hydrogens (tertiary/aromatic N) is 4. The number of nitro benzene ring substituents is 4. The number of benzene rings is 2. The van der Waals surface area contributed by atoms with Crippen molar-refractivity contribution in [2.75, 3.05) is 5.32 Å². The van der Waals surface area contributed by atoms with Gasteiger partial charge in [-0.15, -0.1) is 0 Å². The molecular formula is C18H19N5O8. The van der Waals surface area contributed by atoms with Crippen molar-refractivity contribution in [3.05, 3.63) is 76.4 Å². The molecule has 0 saturated heterocycles. The summed E-state index contributed by atoms with van der Waals surface area (Å²) in [4.78, 5) is 42.0. The standard InChI is InChI=1S/C18H19N5O8/c1-2-3-4-5-6-12-9-16(22(28)29)18(17(10-12)23(30)31)19-14-8-7-13(20(24)25)11-15(14)21(26)27/h7-11,19H,2-6H2,1H3. The molecule has 0 radical (unpaired) electrons. The highest BCUT2D eigenvalue weighted by atomic mass is 16.6. The molecule has 2 aromatic rings. The molecule has 13 nitrogen and oxygen atoms in total. The Morgan fingerprint density at radius 3 is 1.81 bits per heavy atom. The van der Waals surface area contributed by atoms with Gasteiger partial charge in [0, 0.05) is 18.2 Å². The first-order valence-corrected chi connectivity index (χ1v) is 9.31. The molecule has 164 valence electrons. The van der Waals surface area contributed by atoms with Crippen molar-refractivity contribution in [1.29, 1.82) is 0 Å². The minimum absolute atomic E-state index is 0.350. The van der Waals surface area contributed by atoms with Crippen molar-refractivity contribution >= 4 is 34.1 Å². The molecule has 1 N–H and O–H groups in total. The molecule has 2 aromatic carbocycles. The van der Waals surface area contributed by atoms with Gasteiger partial charge in [-0.25, -0.2) is 0 Å². The molecule has 0 saturated carbocycles. The van der Waals surface area contributed by atoms with Gasteiger partial charge in [0.15, 0.2) is 5.69 Å². The lowest BCUT2D eigenvalue weighted by atomic mass is 10.0. The van der Waals surface area contributed by atoms with E-state index in [1.54, 1.807) is 0 Å². The van der Waals surface area contributed by atoms with Crippen LogP contribution in [0, 0.1) is 40.5 Å². The first kappa shape index (κ1) is 23.1. The lowest BCUT2D eigenvalue weighted by Crippen LogP contribution is -2.05. The van der Waals surface area contributed by atoms with E-state index in [1.165, 1.54) is 12.1 Å². The van der Waals surface area contributed by atoms with Crippen LogP contribution in [0.2, 0.25) is 0 Å². The van der Waals surface area contributed by atoms with E-state index in [1.807, 2.05) is 6.92 Å². The Kier molecular flexibility index (Phi) is 7.49. The van der Waals surface area contributed by atoms with Crippen LogP contribution in [0.1, 0.15) is 38.2 Å². The van der Waals surface area contributed by atoms with Crippen molar-refractivity contribution in [2.24, 2.45) is 0 Å². The quantitative estimate of drug-likeness (QED) is 0.283. The Labute approximate surface area is 175 Å². The van der Waals surface area contributed by atoms with Crippen LogP contribution < -0.4 is 5.32 Å². The van der Waals surface area contributed by atoms with Crippen molar-refractivity contribution < 1.29 is 19.7 Å². The predicted molar refractivity (Wildman–Crippen MR) is 111 cm³/mol. The summed E-state index contributed by atoms with van der Waals surface area (Å²) in [6, 6.07) is 4.98. The third-order valence-corrected chi connectivity index (χ3v) is 4.52. The monoisotopic (exact) mass is 433 g/mol. The molecule has 2 rings (SSSR count). The largest absolute Gasteiger partial charge is 0.339 e. The molecule has 0 aliphatic heterocycles. The average Bonchev–Trinajstić information content (AvgIpc) is 2.71. The van der Waals surface area contributed by atoms with Crippen molar-refractivity contribution in [3.63, 3.8) is 0 Å². The fourth-order valence-corrected chi connectivity index (χ4v) is 3.01. The molecule has 0 heterocycles. The number of nitro groups is 4. The van der Waals surface area contributed by atoms with Crippen LogP contribution in [0.3, 0.4) is 0 Å². The normalized spacial score (nSPS) is 10.5. The second kappa shape index (κ2) is 10.0. The minimum Gasteiger partial charge on any atom is -0.339 e. The van der Waals surface area contributed by atoms with Gasteiger partial charge in [0.2, 0.25) is 0 Å². The summed E-state index contributed by atoms with van der Waals surface area (Å²) >= 11 is 0. The molecule has 31 heavy (non-hydrogen) atoms. The maximum atomic E-state index is 11.6. The van der Waals surface area contributed by atoms with Crippen molar-refractivity contribution in [1.82, 2.24) is 0 Å². The summed E-state index contributed by atoms with van der Waals surface area (Å²) < 4.78 is 0. The van der Waals surface area contributed by atoms with E-state index in [0.717, 1.165) is 31.4 Å². The fourth-order valence-electron chi connectivity index (χ4n) is 3.01. The number of rotatable bonds is 11. The number of aryl methyl sites for hydroxylation is 1. The van der Waals surface area contributed by atoms with Crippen LogP contribution in [0.25, 0.3) is 0 Å². The van der Waals surface area contributed by atoms with E-state index in [9.17, 15) is 40.5 Å². The third kappa shape index (κ3) is 5.68. The first-order chi connectivity index (χ1) is 14.6. The van der Waals surface area contributed by atoms with Gasteiger partial charge in [-0.1, -0.05) is 26.2 Å². The Bertz CT molecular complexity index is 1000. The Morgan fingerprint density at radius 2 is 1.32 bits per heavy atom. The summed E-state index contributed by atoms with van der Waals surface area (Å²) in [7, 11) is 0. The third-order valence-electron chi connectivity index (χ3n) is 4.52. The van der Waals surface area contributed by atoms with Gasteiger partial charge in [-0.05, 0) is 24.5 Å². The van der Waals surface area contributed by atoms with Crippen molar-refractivity contribution in [3.8, 4) is 0 Å². The van der Waals surface area contributed by atoms with Crippen LogP contribution in [0.4, 0.5) is 34.1 Å². The molecule has 13 heteroatoms. The second-order valence-corrected chi connectivity index (χ2v) is 6.67. The molecule has 0 aliphatic rings. The lowest BCUT2D eigenvalue weighted by Gasteiger charge is -2.10. The topological polar surface area (TPSA) is 185 Å². The lowest BCUT2D eigenvalue weighted by molar-refractivity contribution is -0.393. The van der Waals surface area contributed by atoms with Gasteiger partial charge >= 0.3 is 0 Å². The zero-order valence-electron chi connectivity index (χ0n) is 16.5. The van der Waals surface area contributed by atoms with E-state index in [-0.39, 0.29) is 5.69 Å². The number of nitrogens with one attached hydrogen (secondary N) is 1. The summed E-state index contributed by atoms with van der Waals surface area (Å²) in [5, 5.41) is 47.8. The molecule has 0 bridgehead atoms. The average molecular weight is 433 g/mol. The Balaban J connectivity index is 2.55. The smallest absolute Gasteiger partial charge is 0.300 e. The number of anilines is 2. The van der Waals surface area contributed by atoms with E-state index in [2.05, 4.69) is 5.32 Å². The maximum Gasteiger partial charge on any atom is 0.300 e. The van der Waals surface area contributed by atoms with Gasteiger partial charge in [-0.2, -0.15) is 0 Å². The molecular weight excluding hydrogens is 414 g/mol. The van der Waals surface area contributed by atoms with Crippen LogP contribution in [-0.2, 0) is 6.42 Å². The summed E-state index contributed by atoms with van der Waals surface area (Å²) in [6.45, 7) is 2.02. The molecule has 0 amide bonds. The zero-order valence-corrected chi connectivity index (χ0v) is 16.5. The van der Waals surface area contributed by atoms with Gasteiger partial charge in [0.25, 0.3) is 22.7 Å². The van der Waals surface area contributed by atoms with Gasteiger partial charge in [0.1, 0.15) is 5.69 Å². The van der Waals surface area contributed by atoms with Crippen LogP contribution >= 0.6 is 0 Å². The van der Waals surface area contributed by atoms with E-state index in [0.29, 0.717) is 24.5 Å². The first-order valence-electron chi connectivity index (χ1n) is 9.31. The summed E-state index contributed by atoms with van der Waals surface area (Å²) in [5.41, 5.74) is -3.04. The second-order valence-electron chi connectivity index (χ2n) is 6.67. The highest BCUT2D eigenvalue weighted by Gasteiger charge is 2.29. The highest BCUT2D eigenvalue weighted by molar-refractivity contribution is 5.83. The zero-order chi connectivity index (χ0) is 23.1. The van der Waals surface area contributed by atoms with Crippen molar-refractivity contribution in [2.45, 2.75) is 39.0 Å². The number of non-ortho nitro benzene ring substituents is 1. The number of hydrogen-bond acceptors (Lipinski definition) is 9. The molecule has 0 aromatic heterocycles. The number of unbranched alkanes of at least 4 members (excludes halogenated alkanes) is 3. The molecule has 0 unspecified atom stereocenters. The van der Waals surface area contributed by atoms with Crippen LogP contribution in [0.5, 0.6) is 0 Å². The van der Waals surface area contributed by atoms with Crippen LogP contribution in [0.15, 0.2) is 30.3 Å². The molecule has 0 fully saturated rings. The van der Waals surface area contributed by atoms with Gasteiger partial charge in [-0.3, -0.25) is 40.5 Å². The predicted octanol–water partition coefficient (Wildman–Crippen LogP) is 5.19. The van der Waals surface area contributed by atoms with E-state index < -0.39 is 48.1 Å². The van der Waals surface area contributed by atoms with E-state index in [4.69, 9.17) is 0 Å². The van der Waals surface area contributed by atoms with Gasteiger partial charge in [0.05, 0.1) is 25.8 Å². The SMILES string of the molecule is CCCCCCc1cc([N+](=O)[O-])c(Nc2ccc([N+](=O)[O-])cc2[N+](=O)[O-])c([N+](=O)[O-])c1. The molecule has 0 atom stereocenters. The van der Waals surface area contributed by atoms with Gasteiger partial charge < -0.3 is 5.32 Å². The fraction of sp³-hybridized carbons (Fsp3) is 0.333.